The number of aryl methyl sites for hydroxylation is 1. The van der Waals surface area contributed by atoms with Crippen LogP contribution in [0.4, 0.5) is 0 Å². The van der Waals surface area contributed by atoms with E-state index in [4.69, 9.17) is 18.8 Å². The molecular formula is C28H45BO5S. The average Bonchev–Trinajstić information content (AvgIpc) is 3.10. The summed E-state index contributed by atoms with van der Waals surface area (Å²) in [5.41, 5.74) is 2.39. The molecule has 1 aliphatic heterocycles. The zero-order valence-corrected chi connectivity index (χ0v) is 24.5. The van der Waals surface area contributed by atoms with E-state index in [2.05, 4.69) is 54.5 Å². The highest BCUT2D eigenvalue weighted by Gasteiger charge is 2.51. The van der Waals surface area contributed by atoms with Crippen LogP contribution in [-0.2, 0) is 29.9 Å². The minimum absolute atomic E-state index is 0.281. The number of ether oxygens (including phenoxy) is 2. The van der Waals surface area contributed by atoms with Gasteiger partial charge in [-0.15, -0.1) is 11.3 Å². The van der Waals surface area contributed by atoms with Crippen molar-refractivity contribution in [3.63, 3.8) is 0 Å². The smallest absolute Gasteiger partial charge is 0.463 e. The Hall–Kier alpha value is -1.15. The van der Waals surface area contributed by atoms with E-state index in [9.17, 15) is 4.79 Å². The first-order valence-electron chi connectivity index (χ1n) is 13.0. The van der Waals surface area contributed by atoms with Crippen LogP contribution < -0.4 is 0 Å². The summed E-state index contributed by atoms with van der Waals surface area (Å²) < 4.78 is 24.6. The molecule has 0 saturated carbocycles. The molecule has 0 aromatic carbocycles. The van der Waals surface area contributed by atoms with Crippen LogP contribution in [0.25, 0.3) is 5.57 Å². The molecule has 0 N–H and O–H groups in total. The van der Waals surface area contributed by atoms with Gasteiger partial charge in [0.05, 0.1) is 23.4 Å². The zero-order valence-electron chi connectivity index (χ0n) is 23.7. The van der Waals surface area contributed by atoms with Crippen molar-refractivity contribution < 1.29 is 23.6 Å². The Kier molecular flexibility index (Phi) is 8.09. The summed E-state index contributed by atoms with van der Waals surface area (Å²) in [6.07, 6.45) is 5.31. The summed E-state index contributed by atoms with van der Waals surface area (Å²) in [5.74, 6) is -0.330. The van der Waals surface area contributed by atoms with Crippen LogP contribution in [0.3, 0.4) is 0 Å². The highest BCUT2D eigenvalue weighted by atomic mass is 32.1. The number of hydrogen-bond acceptors (Lipinski definition) is 6. The van der Waals surface area contributed by atoms with Crippen molar-refractivity contribution >= 4 is 30.0 Å². The molecule has 1 saturated heterocycles. The van der Waals surface area contributed by atoms with E-state index in [1.165, 1.54) is 10.5 Å². The van der Waals surface area contributed by atoms with Crippen LogP contribution in [0, 0.1) is 12.3 Å². The summed E-state index contributed by atoms with van der Waals surface area (Å²) in [6, 6.07) is 0. The first-order chi connectivity index (χ1) is 16.0. The van der Waals surface area contributed by atoms with E-state index >= 15 is 0 Å². The second-order valence-corrected chi connectivity index (χ2v) is 14.0. The number of carbonyl (C=O) groups excluding carboxylic acids is 1. The molecule has 0 radical (unpaired) electrons. The summed E-state index contributed by atoms with van der Waals surface area (Å²) in [5, 5.41) is 0. The van der Waals surface area contributed by atoms with Crippen LogP contribution in [0.5, 0.6) is 0 Å². The average molecular weight is 505 g/mol. The van der Waals surface area contributed by atoms with Crippen molar-refractivity contribution in [3.8, 4) is 0 Å². The monoisotopic (exact) mass is 504 g/mol. The van der Waals surface area contributed by atoms with Gasteiger partial charge in [0.1, 0.15) is 0 Å². The Morgan fingerprint density at radius 2 is 1.74 bits per heavy atom. The Balaban J connectivity index is 2.11. The molecule has 0 amide bonds. The van der Waals surface area contributed by atoms with Gasteiger partial charge in [-0.1, -0.05) is 19.9 Å². The van der Waals surface area contributed by atoms with Crippen LogP contribution >= 0.6 is 11.3 Å². The normalized spacial score (nSPS) is 22.1. The molecule has 2 heterocycles. The van der Waals surface area contributed by atoms with Gasteiger partial charge in [-0.25, -0.2) is 4.79 Å². The van der Waals surface area contributed by atoms with Gasteiger partial charge in [0.25, 0.3) is 0 Å². The van der Waals surface area contributed by atoms with Crippen molar-refractivity contribution in [2.75, 3.05) is 6.61 Å². The molecule has 1 atom stereocenters. The topological polar surface area (TPSA) is 54.0 Å². The highest BCUT2D eigenvalue weighted by molar-refractivity contribution is 7.12. The second-order valence-electron chi connectivity index (χ2n) is 12.7. The molecule has 196 valence electrons. The quantitative estimate of drug-likeness (QED) is 0.289. The molecule has 1 fully saturated rings. The third kappa shape index (κ3) is 6.41. The van der Waals surface area contributed by atoms with E-state index < -0.39 is 11.7 Å². The van der Waals surface area contributed by atoms with Crippen molar-refractivity contribution in [3.05, 3.63) is 27.0 Å². The fourth-order valence-corrected chi connectivity index (χ4v) is 5.98. The van der Waals surface area contributed by atoms with Gasteiger partial charge in [-0.2, -0.15) is 0 Å². The molecule has 35 heavy (non-hydrogen) atoms. The lowest BCUT2D eigenvalue weighted by atomic mass is 9.74. The van der Waals surface area contributed by atoms with Crippen molar-refractivity contribution in [1.29, 1.82) is 0 Å². The second kappa shape index (κ2) is 9.96. The molecule has 1 aromatic rings. The number of esters is 1. The Morgan fingerprint density at radius 1 is 1.14 bits per heavy atom. The Bertz CT molecular complexity index is 951. The van der Waals surface area contributed by atoms with Gasteiger partial charge in [0.2, 0.25) is 0 Å². The molecule has 0 spiro atoms. The molecule has 1 aliphatic carbocycles. The van der Waals surface area contributed by atoms with Gasteiger partial charge >= 0.3 is 13.1 Å². The minimum Gasteiger partial charge on any atom is -0.464 e. The maximum atomic E-state index is 13.2. The van der Waals surface area contributed by atoms with E-state index in [-0.39, 0.29) is 29.7 Å². The maximum Gasteiger partial charge on any atom is 0.463 e. The number of thiophene rings is 1. The SMILES string of the molecule is CCOC(=O)C(OC(C)(C)C)c1c(C)sc(CB2OC(C)(C)C(C)(C)O2)c1C1=CCC(C)(C)CC1. The lowest BCUT2D eigenvalue weighted by Crippen LogP contribution is -2.41. The van der Waals surface area contributed by atoms with Gasteiger partial charge in [-0.3, -0.25) is 0 Å². The van der Waals surface area contributed by atoms with E-state index in [1.807, 2.05) is 27.7 Å². The number of rotatable bonds is 7. The largest absolute Gasteiger partial charge is 0.464 e. The number of allylic oxidation sites excluding steroid dienone is 2. The van der Waals surface area contributed by atoms with Gasteiger partial charge in [0, 0.05) is 21.6 Å². The zero-order chi connectivity index (χ0) is 26.4. The third-order valence-corrected chi connectivity index (χ3v) is 8.53. The standard InChI is InChI=1S/C28H45BO5S/c1-12-31-24(30)23(32-25(3,4)5)21-18(2)35-20(17-29-33-27(8,9)28(10,11)34-29)22(21)19-13-15-26(6,7)16-14-19/h13,23H,12,14-17H2,1-11H3. The van der Waals surface area contributed by atoms with Crippen LogP contribution in [-0.4, -0.2) is 36.5 Å². The molecule has 2 aliphatic rings. The van der Waals surface area contributed by atoms with E-state index in [0.29, 0.717) is 12.9 Å². The van der Waals surface area contributed by atoms with Gasteiger partial charge in [-0.05, 0) is 98.1 Å². The maximum absolute atomic E-state index is 13.2. The molecule has 1 aromatic heterocycles. The molecular weight excluding hydrogens is 459 g/mol. The van der Waals surface area contributed by atoms with Crippen molar-refractivity contribution in [1.82, 2.24) is 0 Å². The summed E-state index contributed by atoms with van der Waals surface area (Å²) in [6.45, 7) is 23.1. The Labute approximate surface area is 217 Å². The van der Waals surface area contributed by atoms with Crippen LogP contribution in [0.2, 0.25) is 0 Å². The van der Waals surface area contributed by atoms with Crippen LogP contribution in [0.1, 0.15) is 115 Å². The molecule has 1 unspecified atom stereocenters. The Morgan fingerprint density at radius 3 is 2.23 bits per heavy atom. The molecule has 3 rings (SSSR count). The molecule has 7 heteroatoms. The fourth-order valence-electron chi connectivity index (χ4n) is 4.73. The first-order valence-corrected chi connectivity index (χ1v) is 13.8. The van der Waals surface area contributed by atoms with Gasteiger partial charge < -0.3 is 18.8 Å². The third-order valence-electron chi connectivity index (χ3n) is 7.39. The minimum atomic E-state index is -0.774. The van der Waals surface area contributed by atoms with E-state index in [0.717, 1.165) is 35.3 Å². The molecule has 5 nitrogen and oxygen atoms in total. The highest BCUT2D eigenvalue weighted by Crippen LogP contribution is 2.47. The van der Waals surface area contributed by atoms with Crippen molar-refractivity contribution in [2.24, 2.45) is 5.41 Å². The fraction of sp³-hybridized carbons (Fsp3) is 0.750. The first kappa shape index (κ1) is 28.4. The van der Waals surface area contributed by atoms with Crippen molar-refractivity contribution in [2.45, 2.75) is 125 Å². The lowest BCUT2D eigenvalue weighted by molar-refractivity contribution is -0.166. The predicted octanol–water partition coefficient (Wildman–Crippen LogP) is 7.24. The summed E-state index contributed by atoms with van der Waals surface area (Å²) >= 11 is 1.72. The van der Waals surface area contributed by atoms with Crippen LogP contribution in [0.15, 0.2) is 6.08 Å². The van der Waals surface area contributed by atoms with E-state index in [1.54, 1.807) is 11.3 Å². The lowest BCUT2D eigenvalue weighted by Gasteiger charge is -2.32. The number of carbonyl (C=O) groups is 1. The summed E-state index contributed by atoms with van der Waals surface area (Å²) in [4.78, 5) is 15.5. The molecule has 0 bridgehead atoms. The van der Waals surface area contributed by atoms with Gasteiger partial charge in [0.15, 0.2) is 6.10 Å². The summed E-state index contributed by atoms with van der Waals surface area (Å²) in [7, 11) is -0.338. The number of hydrogen-bond donors (Lipinski definition) is 0. The predicted molar refractivity (Wildman–Crippen MR) is 145 cm³/mol.